The molecule has 11 heavy (non-hydrogen) atoms. The first-order valence-electron chi connectivity index (χ1n) is 3.39. The van der Waals surface area contributed by atoms with Crippen LogP contribution in [-0.4, -0.2) is 26.7 Å². The van der Waals surface area contributed by atoms with Crippen LogP contribution >= 0.6 is 0 Å². The zero-order valence-corrected chi connectivity index (χ0v) is 8.96. The van der Waals surface area contributed by atoms with Crippen molar-refractivity contribution in [3.05, 3.63) is 29.8 Å². The van der Waals surface area contributed by atoms with Crippen molar-refractivity contribution in [3.8, 4) is 0 Å². The molecule has 0 saturated carbocycles. The number of benzene rings is 1. The van der Waals surface area contributed by atoms with Crippen LogP contribution in [0.3, 0.4) is 0 Å². The molecule has 0 aromatic heterocycles. The van der Waals surface area contributed by atoms with Crippen molar-refractivity contribution in [2.75, 3.05) is 0 Å². The van der Waals surface area contributed by atoms with Crippen LogP contribution in [0.5, 0.6) is 0 Å². The molecule has 0 atom stereocenters. The van der Waals surface area contributed by atoms with E-state index in [2.05, 4.69) is 11.0 Å². The third-order valence-electron chi connectivity index (χ3n) is 1.49. The summed E-state index contributed by atoms with van der Waals surface area (Å²) in [6.07, 6.45) is 0. The van der Waals surface area contributed by atoms with E-state index in [4.69, 9.17) is 0 Å². The molecule has 0 bridgehead atoms. The topological polar surface area (TPSA) is 17.1 Å². The molecule has 0 N–H and O–H groups in total. The van der Waals surface area contributed by atoms with E-state index in [0.29, 0.717) is 0 Å². The van der Waals surface area contributed by atoms with Crippen molar-refractivity contribution in [1.29, 1.82) is 0 Å². The Bertz CT molecular complexity index is 268. The molecule has 1 rings (SSSR count). The van der Waals surface area contributed by atoms with Crippen molar-refractivity contribution in [1.82, 2.24) is 0 Å². The van der Waals surface area contributed by atoms with Crippen molar-refractivity contribution < 1.29 is 4.79 Å². The second-order valence-electron chi connectivity index (χ2n) is 2.26. The Morgan fingerprint density at radius 3 is 2.45 bits per heavy atom. The summed E-state index contributed by atoms with van der Waals surface area (Å²) in [5.41, 5.74) is 0.914. The van der Waals surface area contributed by atoms with Gasteiger partial charge < -0.3 is 0 Å². The number of carbonyl (C=O) groups is 1. The Morgan fingerprint density at radius 1 is 1.36 bits per heavy atom. The molecule has 0 fully saturated rings. The van der Waals surface area contributed by atoms with Gasteiger partial charge in [0.2, 0.25) is 0 Å². The number of ketones is 1. The Kier molecular flexibility index (Phi) is 3.11. The molecular formula is C9H10OTe. The fourth-order valence-corrected chi connectivity index (χ4v) is 2.78. The summed E-state index contributed by atoms with van der Waals surface area (Å²) in [4.78, 5) is 13.2. The van der Waals surface area contributed by atoms with E-state index in [1.54, 1.807) is 6.92 Å². The second-order valence-corrected chi connectivity index (χ2v) is 4.68. The summed E-state index contributed by atoms with van der Waals surface area (Å²) in [5, 5.41) is 0. The van der Waals surface area contributed by atoms with E-state index in [-0.39, 0.29) is 26.7 Å². The van der Waals surface area contributed by atoms with Crippen LogP contribution in [0.2, 0.25) is 4.97 Å². The van der Waals surface area contributed by atoms with E-state index in [0.717, 1.165) is 5.56 Å². The molecular weight excluding hydrogens is 252 g/mol. The van der Waals surface area contributed by atoms with Gasteiger partial charge in [-0.2, -0.15) is 0 Å². The van der Waals surface area contributed by atoms with Crippen LogP contribution in [-0.2, 0) is 0 Å². The quantitative estimate of drug-likeness (QED) is 0.579. The Morgan fingerprint density at radius 2 is 2.00 bits per heavy atom. The molecule has 0 aliphatic heterocycles. The van der Waals surface area contributed by atoms with Gasteiger partial charge in [-0.25, -0.2) is 0 Å². The molecule has 2 heteroatoms. The predicted molar refractivity (Wildman–Crippen MR) is 47.7 cm³/mol. The van der Waals surface area contributed by atoms with E-state index in [1.165, 1.54) is 3.61 Å². The van der Waals surface area contributed by atoms with Crippen LogP contribution in [0.15, 0.2) is 24.3 Å². The van der Waals surface area contributed by atoms with Gasteiger partial charge in [-0.05, 0) is 0 Å². The molecule has 1 aromatic rings. The molecule has 0 aliphatic rings. The van der Waals surface area contributed by atoms with Crippen LogP contribution in [0.1, 0.15) is 17.3 Å². The maximum absolute atomic E-state index is 11.0. The summed E-state index contributed by atoms with van der Waals surface area (Å²) < 4.78 is 1.27. The zero-order valence-electron chi connectivity index (χ0n) is 6.63. The third kappa shape index (κ3) is 2.05. The van der Waals surface area contributed by atoms with Crippen molar-refractivity contribution in [3.63, 3.8) is 0 Å². The van der Waals surface area contributed by atoms with Crippen molar-refractivity contribution >= 4 is 30.3 Å². The monoisotopic (exact) mass is 264 g/mol. The molecule has 1 aromatic carbocycles. The fourth-order valence-electron chi connectivity index (χ4n) is 0.935. The molecule has 1 nitrogen and oxygen atoms in total. The van der Waals surface area contributed by atoms with Crippen LogP contribution in [0.4, 0.5) is 0 Å². The Balaban J connectivity index is 3.12. The third-order valence-corrected chi connectivity index (χ3v) is 3.76. The maximum atomic E-state index is 11.0. The summed E-state index contributed by atoms with van der Waals surface area (Å²) >= 11 is -0.129. The molecule has 0 saturated heterocycles. The first kappa shape index (κ1) is 8.77. The number of Topliss-reactive ketones (excluding diaryl/α,β-unsaturated/α-hetero) is 1. The number of hydrogen-bond acceptors (Lipinski definition) is 1. The minimum absolute atomic E-state index is 0.129. The molecule has 0 spiro atoms. The normalized spacial score (nSPS) is 9.64. The standard InChI is InChI=1S/C9H10OTe/c1-7(10)8-5-3-4-6-9(8)11-2/h3-6H,1-2H3. The van der Waals surface area contributed by atoms with Crippen molar-refractivity contribution in [2.45, 2.75) is 11.9 Å². The first-order valence-corrected chi connectivity index (χ1v) is 6.89. The van der Waals surface area contributed by atoms with Crippen LogP contribution in [0.25, 0.3) is 0 Å². The van der Waals surface area contributed by atoms with Gasteiger partial charge >= 0.3 is 76.8 Å². The average molecular weight is 262 g/mol. The van der Waals surface area contributed by atoms with Gasteiger partial charge in [0, 0.05) is 0 Å². The average Bonchev–Trinajstić information content (AvgIpc) is 2.04. The van der Waals surface area contributed by atoms with Gasteiger partial charge in [-0.1, -0.05) is 0 Å². The van der Waals surface area contributed by atoms with E-state index < -0.39 is 0 Å². The zero-order chi connectivity index (χ0) is 8.27. The predicted octanol–water partition coefficient (Wildman–Crippen LogP) is 1.27. The minimum atomic E-state index is -0.129. The summed E-state index contributed by atoms with van der Waals surface area (Å²) in [6, 6.07) is 7.88. The van der Waals surface area contributed by atoms with Crippen molar-refractivity contribution in [2.24, 2.45) is 0 Å². The Labute approximate surface area is 76.9 Å². The molecule has 0 heterocycles. The second kappa shape index (κ2) is 3.90. The fraction of sp³-hybridized carbons (Fsp3) is 0.222. The summed E-state index contributed by atoms with van der Waals surface area (Å²) in [7, 11) is 0. The number of carbonyl (C=O) groups excluding carboxylic acids is 1. The van der Waals surface area contributed by atoms with Crippen LogP contribution < -0.4 is 3.61 Å². The van der Waals surface area contributed by atoms with Crippen LogP contribution in [0, 0.1) is 0 Å². The van der Waals surface area contributed by atoms with Gasteiger partial charge in [0.1, 0.15) is 0 Å². The SMILES string of the molecule is C[Te]c1ccccc1C(C)=O. The van der Waals surface area contributed by atoms with Gasteiger partial charge in [-0.15, -0.1) is 0 Å². The van der Waals surface area contributed by atoms with E-state index in [1.807, 2.05) is 18.2 Å². The van der Waals surface area contributed by atoms with E-state index in [9.17, 15) is 4.79 Å². The van der Waals surface area contributed by atoms with E-state index >= 15 is 0 Å². The van der Waals surface area contributed by atoms with Gasteiger partial charge in [0.05, 0.1) is 0 Å². The van der Waals surface area contributed by atoms with Gasteiger partial charge in [-0.3, -0.25) is 0 Å². The molecule has 0 unspecified atom stereocenters. The molecule has 58 valence electrons. The summed E-state index contributed by atoms with van der Waals surface area (Å²) in [5.74, 6) is 0.188. The Hall–Kier alpha value is -0.320. The number of rotatable bonds is 2. The summed E-state index contributed by atoms with van der Waals surface area (Å²) in [6.45, 7) is 1.63. The van der Waals surface area contributed by atoms with Gasteiger partial charge in [0.15, 0.2) is 0 Å². The van der Waals surface area contributed by atoms with Gasteiger partial charge in [0.25, 0.3) is 0 Å². The first-order chi connectivity index (χ1) is 5.25. The molecule has 0 radical (unpaired) electrons. The molecule has 0 aliphatic carbocycles. The molecule has 0 amide bonds. The number of hydrogen-bond donors (Lipinski definition) is 0.